The molecule has 1 aromatic rings. The van der Waals surface area contributed by atoms with Crippen LogP contribution in [0.1, 0.15) is 22.8 Å². The van der Waals surface area contributed by atoms with E-state index in [9.17, 15) is 4.79 Å². The maximum absolute atomic E-state index is 10.4. The molecule has 0 aliphatic heterocycles. The first-order valence-corrected chi connectivity index (χ1v) is 4.22. The van der Waals surface area contributed by atoms with Crippen LogP contribution in [0.4, 0.5) is 0 Å². The standard InChI is InChI=1S/C11H11NO2/c1-4-9(3)14-11-8(2)5-10(7-13)6-12-11/h1,5-7,9H,2-3H3. The van der Waals surface area contributed by atoms with E-state index < -0.39 is 0 Å². The lowest BCUT2D eigenvalue weighted by Gasteiger charge is -2.09. The topological polar surface area (TPSA) is 39.2 Å². The predicted molar refractivity (Wildman–Crippen MR) is 53.3 cm³/mol. The third kappa shape index (κ3) is 2.33. The number of ether oxygens (including phenoxy) is 1. The number of carbonyl (C=O) groups excluding carboxylic acids is 1. The second kappa shape index (κ2) is 4.43. The third-order valence-electron chi connectivity index (χ3n) is 1.71. The van der Waals surface area contributed by atoms with Crippen molar-refractivity contribution in [2.45, 2.75) is 20.0 Å². The molecular formula is C11H11NO2. The van der Waals surface area contributed by atoms with Crippen molar-refractivity contribution in [3.05, 3.63) is 23.4 Å². The molecule has 14 heavy (non-hydrogen) atoms. The fraction of sp³-hybridized carbons (Fsp3) is 0.273. The lowest BCUT2D eigenvalue weighted by molar-refractivity contribution is 0.112. The number of aryl methyl sites for hydroxylation is 1. The number of hydrogen-bond acceptors (Lipinski definition) is 3. The molecule has 0 bridgehead atoms. The number of hydrogen-bond donors (Lipinski definition) is 0. The summed E-state index contributed by atoms with van der Waals surface area (Å²) in [7, 11) is 0. The van der Waals surface area contributed by atoms with Gasteiger partial charge in [0, 0.05) is 17.3 Å². The zero-order valence-electron chi connectivity index (χ0n) is 8.15. The van der Waals surface area contributed by atoms with Gasteiger partial charge in [0.15, 0.2) is 12.4 Å². The first-order chi connectivity index (χ1) is 6.67. The predicted octanol–water partition coefficient (Wildman–Crippen LogP) is 1.60. The van der Waals surface area contributed by atoms with Gasteiger partial charge in [-0.05, 0) is 19.9 Å². The zero-order chi connectivity index (χ0) is 10.6. The molecule has 3 heteroatoms. The monoisotopic (exact) mass is 189 g/mol. The summed E-state index contributed by atoms with van der Waals surface area (Å²) in [5.74, 6) is 2.91. The van der Waals surface area contributed by atoms with Crippen molar-refractivity contribution in [3.8, 4) is 18.2 Å². The van der Waals surface area contributed by atoms with Gasteiger partial charge in [-0.15, -0.1) is 6.42 Å². The van der Waals surface area contributed by atoms with Gasteiger partial charge in [-0.1, -0.05) is 5.92 Å². The van der Waals surface area contributed by atoms with E-state index in [4.69, 9.17) is 11.2 Å². The van der Waals surface area contributed by atoms with Crippen molar-refractivity contribution >= 4 is 6.29 Å². The molecule has 0 saturated carbocycles. The summed E-state index contributed by atoms with van der Waals surface area (Å²) in [4.78, 5) is 14.4. The van der Waals surface area contributed by atoms with E-state index in [1.807, 2.05) is 6.92 Å². The number of rotatable bonds is 3. The van der Waals surface area contributed by atoms with E-state index in [0.717, 1.165) is 11.8 Å². The van der Waals surface area contributed by atoms with Crippen molar-refractivity contribution < 1.29 is 9.53 Å². The Labute approximate surface area is 83.1 Å². The molecule has 0 N–H and O–H groups in total. The Morgan fingerprint density at radius 2 is 2.43 bits per heavy atom. The minimum atomic E-state index is -0.316. The Kier molecular flexibility index (Phi) is 3.24. The molecule has 0 spiro atoms. The Morgan fingerprint density at radius 1 is 1.71 bits per heavy atom. The average molecular weight is 189 g/mol. The highest BCUT2D eigenvalue weighted by molar-refractivity contribution is 5.74. The van der Waals surface area contributed by atoms with E-state index in [2.05, 4.69) is 10.9 Å². The Hall–Kier alpha value is -1.82. The number of carbonyl (C=O) groups is 1. The van der Waals surface area contributed by atoms with Gasteiger partial charge in [-0.3, -0.25) is 4.79 Å². The van der Waals surface area contributed by atoms with Gasteiger partial charge in [-0.2, -0.15) is 0 Å². The molecular weight excluding hydrogens is 178 g/mol. The van der Waals surface area contributed by atoms with Crippen molar-refractivity contribution in [2.75, 3.05) is 0 Å². The quantitative estimate of drug-likeness (QED) is 0.535. The molecule has 72 valence electrons. The minimum absolute atomic E-state index is 0.316. The van der Waals surface area contributed by atoms with Crippen molar-refractivity contribution in [1.29, 1.82) is 0 Å². The molecule has 0 aromatic carbocycles. The maximum atomic E-state index is 10.4. The Bertz CT molecular complexity index is 379. The van der Waals surface area contributed by atoms with E-state index in [1.54, 1.807) is 13.0 Å². The summed E-state index contributed by atoms with van der Waals surface area (Å²) in [5, 5.41) is 0. The fourth-order valence-corrected chi connectivity index (χ4v) is 0.973. The maximum Gasteiger partial charge on any atom is 0.217 e. The summed E-state index contributed by atoms with van der Waals surface area (Å²) in [6, 6.07) is 1.71. The van der Waals surface area contributed by atoms with E-state index in [0.29, 0.717) is 11.4 Å². The Balaban J connectivity index is 2.90. The van der Waals surface area contributed by atoms with E-state index >= 15 is 0 Å². The summed E-state index contributed by atoms with van der Waals surface area (Å²) >= 11 is 0. The van der Waals surface area contributed by atoms with E-state index in [-0.39, 0.29) is 6.10 Å². The first kappa shape index (κ1) is 10.3. The number of pyridine rings is 1. The molecule has 3 nitrogen and oxygen atoms in total. The van der Waals surface area contributed by atoms with Crippen LogP contribution in [-0.2, 0) is 0 Å². The van der Waals surface area contributed by atoms with Crippen molar-refractivity contribution in [3.63, 3.8) is 0 Å². The van der Waals surface area contributed by atoms with Crippen LogP contribution in [0.3, 0.4) is 0 Å². The number of aldehydes is 1. The molecule has 0 saturated heterocycles. The highest BCUT2D eigenvalue weighted by atomic mass is 16.5. The lowest BCUT2D eigenvalue weighted by Crippen LogP contribution is -2.10. The van der Waals surface area contributed by atoms with Gasteiger partial charge >= 0.3 is 0 Å². The SMILES string of the molecule is C#CC(C)Oc1ncc(C=O)cc1C. The number of terminal acetylenes is 1. The normalized spacial score (nSPS) is 11.5. The van der Waals surface area contributed by atoms with Crippen LogP contribution in [0.25, 0.3) is 0 Å². The van der Waals surface area contributed by atoms with Gasteiger partial charge in [0.1, 0.15) is 0 Å². The second-order valence-electron chi connectivity index (χ2n) is 2.94. The highest BCUT2D eigenvalue weighted by Crippen LogP contribution is 2.15. The van der Waals surface area contributed by atoms with Gasteiger partial charge < -0.3 is 4.74 Å². The second-order valence-corrected chi connectivity index (χ2v) is 2.94. The summed E-state index contributed by atoms with van der Waals surface area (Å²) < 4.78 is 5.33. The Morgan fingerprint density at radius 3 is 2.93 bits per heavy atom. The molecule has 1 aromatic heterocycles. The lowest BCUT2D eigenvalue weighted by atomic mass is 10.2. The van der Waals surface area contributed by atoms with Crippen molar-refractivity contribution in [1.82, 2.24) is 4.98 Å². The van der Waals surface area contributed by atoms with Crippen LogP contribution in [-0.4, -0.2) is 17.4 Å². The molecule has 0 radical (unpaired) electrons. The van der Waals surface area contributed by atoms with Gasteiger partial charge in [0.25, 0.3) is 0 Å². The molecule has 0 aliphatic carbocycles. The van der Waals surface area contributed by atoms with Gasteiger partial charge in [-0.25, -0.2) is 4.98 Å². The smallest absolute Gasteiger partial charge is 0.217 e. The van der Waals surface area contributed by atoms with Crippen LogP contribution in [0.5, 0.6) is 5.88 Å². The van der Waals surface area contributed by atoms with Gasteiger partial charge in [0.2, 0.25) is 5.88 Å². The van der Waals surface area contributed by atoms with Crippen LogP contribution >= 0.6 is 0 Å². The van der Waals surface area contributed by atoms with Crippen LogP contribution in [0.2, 0.25) is 0 Å². The molecule has 0 fully saturated rings. The minimum Gasteiger partial charge on any atom is -0.461 e. The zero-order valence-corrected chi connectivity index (χ0v) is 8.15. The van der Waals surface area contributed by atoms with E-state index in [1.165, 1.54) is 6.20 Å². The summed E-state index contributed by atoms with van der Waals surface area (Å²) in [6.07, 6.45) is 7.05. The molecule has 1 unspecified atom stereocenters. The third-order valence-corrected chi connectivity index (χ3v) is 1.71. The first-order valence-electron chi connectivity index (χ1n) is 4.22. The summed E-state index contributed by atoms with van der Waals surface area (Å²) in [5.41, 5.74) is 1.33. The summed E-state index contributed by atoms with van der Waals surface area (Å²) in [6.45, 7) is 3.58. The number of nitrogens with zero attached hydrogens (tertiary/aromatic N) is 1. The van der Waals surface area contributed by atoms with Crippen LogP contribution in [0, 0.1) is 19.3 Å². The molecule has 1 heterocycles. The highest BCUT2D eigenvalue weighted by Gasteiger charge is 2.05. The van der Waals surface area contributed by atoms with Crippen LogP contribution < -0.4 is 4.74 Å². The largest absolute Gasteiger partial charge is 0.461 e. The molecule has 0 amide bonds. The van der Waals surface area contributed by atoms with Crippen LogP contribution in [0.15, 0.2) is 12.3 Å². The van der Waals surface area contributed by atoms with Gasteiger partial charge in [0.05, 0.1) is 0 Å². The molecule has 1 rings (SSSR count). The average Bonchev–Trinajstić information content (AvgIpc) is 2.20. The molecule has 0 aliphatic rings. The number of aromatic nitrogens is 1. The van der Waals surface area contributed by atoms with Crippen molar-refractivity contribution in [2.24, 2.45) is 0 Å². The molecule has 1 atom stereocenters. The fourth-order valence-electron chi connectivity index (χ4n) is 0.973.